The lowest BCUT2D eigenvalue weighted by atomic mass is 10.2. The number of nitrogens with zero attached hydrogens (tertiary/aromatic N) is 1. The van der Waals surface area contributed by atoms with Crippen LogP contribution in [0.25, 0.3) is 10.2 Å². The van der Waals surface area contributed by atoms with Crippen molar-refractivity contribution in [3.05, 3.63) is 57.5 Å². The first-order valence-electron chi connectivity index (χ1n) is 6.07. The molecule has 0 aliphatic heterocycles. The third kappa shape index (κ3) is 2.80. The van der Waals surface area contributed by atoms with Gasteiger partial charge in [-0.1, -0.05) is 34.1 Å². The van der Waals surface area contributed by atoms with Crippen molar-refractivity contribution in [2.75, 3.05) is 5.32 Å². The van der Waals surface area contributed by atoms with E-state index in [0.717, 1.165) is 27.2 Å². The van der Waals surface area contributed by atoms with Gasteiger partial charge in [0.25, 0.3) is 0 Å². The highest BCUT2D eigenvalue weighted by Crippen LogP contribution is 2.24. The molecule has 0 aliphatic rings. The second kappa shape index (κ2) is 5.31. The largest absolute Gasteiger partial charge is 0.378 e. The number of anilines is 1. The Hall–Kier alpha value is -1.39. The van der Waals surface area contributed by atoms with Crippen LogP contribution in [0.4, 0.5) is 5.69 Å². The van der Waals surface area contributed by atoms with Crippen LogP contribution in [0.3, 0.4) is 0 Å². The smallest absolute Gasteiger partial charge is 0.113 e. The Morgan fingerprint density at radius 1 is 1.21 bits per heavy atom. The van der Waals surface area contributed by atoms with Gasteiger partial charge in [0, 0.05) is 10.2 Å². The van der Waals surface area contributed by atoms with E-state index in [1.807, 2.05) is 6.07 Å². The maximum absolute atomic E-state index is 4.62. The van der Waals surface area contributed by atoms with Crippen LogP contribution in [0.15, 0.2) is 46.9 Å². The molecular weight excluding hydrogens is 320 g/mol. The zero-order chi connectivity index (χ0) is 13.2. The highest BCUT2D eigenvalue weighted by atomic mass is 79.9. The first-order chi connectivity index (χ1) is 9.22. The molecule has 3 aromatic rings. The average Bonchev–Trinajstić information content (AvgIpc) is 2.82. The Kier molecular flexibility index (Phi) is 3.53. The summed E-state index contributed by atoms with van der Waals surface area (Å²) in [6.45, 7) is 2.86. The van der Waals surface area contributed by atoms with Gasteiger partial charge in [-0.3, -0.25) is 0 Å². The van der Waals surface area contributed by atoms with Crippen molar-refractivity contribution in [2.24, 2.45) is 0 Å². The second-order valence-electron chi connectivity index (χ2n) is 4.39. The molecule has 1 N–H and O–H groups in total. The summed E-state index contributed by atoms with van der Waals surface area (Å²) >= 11 is 5.24. The summed E-state index contributed by atoms with van der Waals surface area (Å²) in [7, 11) is 0. The van der Waals surface area contributed by atoms with E-state index in [-0.39, 0.29) is 0 Å². The Morgan fingerprint density at radius 2 is 2.05 bits per heavy atom. The molecule has 0 aliphatic carbocycles. The summed E-state index contributed by atoms with van der Waals surface area (Å²) in [5.74, 6) is 0. The van der Waals surface area contributed by atoms with Crippen molar-refractivity contribution in [3.8, 4) is 0 Å². The quantitative estimate of drug-likeness (QED) is 0.731. The van der Waals surface area contributed by atoms with Crippen LogP contribution in [-0.4, -0.2) is 4.98 Å². The number of para-hydroxylation sites is 1. The fraction of sp³-hybridized carbons (Fsp3) is 0.133. The number of nitrogens with one attached hydrogen (secondary N) is 1. The topological polar surface area (TPSA) is 24.9 Å². The molecule has 0 saturated carbocycles. The maximum Gasteiger partial charge on any atom is 0.113 e. The molecule has 0 spiro atoms. The number of aryl methyl sites for hydroxylation is 1. The van der Waals surface area contributed by atoms with E-state index in [0.29, 0.717) is 0 Å². The van der Waals surface area contributed by atoms with Gasteiger partial charge in [0.1, 0.15) is 5.01 Å². The lowest BCUT2D eigenvalue weighted by Gasteiger charge is -2.08. The Bertz CT molecular complexity index is 688. The minimum Gasteiger partial charge on any atom is -0.378 e. The molecule has 1 heterocycles. The minimum absolute atomic E-state index is 0.761. The van der Waals surface area contributed by atoms with Crippen molar-refractivity contribution in [3.63, 3.8) is 0 Å². The Labute approximate surface area is 124 Å². The van der Waals surface area contributed by atoms with Gasteiger partial charge in [-0.15, -0.1) is 11.3 Å². The SMILES string of the molecule is Cc1ccc(Br)cc1NCc1nc2ccccc2s1. The van der Waals surface area contributed by atoms with E-state index >= 15 is 0 Å². The molecule has 1 aromatic heterocycles. The molecular formula is C15H13BrN2S. The Balaban J connectivity index is 1.80. The minimum atomic E-state index is 0.761. The normalized spacial score (nSPS) is 10.8. The highest BCUT2D eigenvalue weighted by Gasteiger charge is 2.04. The zero-order valence-corrected chi connectivity index (χ0v) is 12.9. The summed E-state index contributed by atoms with van der Waals surface area (Å²) in [6, 6.07) is 14.5. The van der Waals surface area contributed by atoms with Gasteiger partial charge in [-0.25, -0.2) is 4.98 Å². The number of hydrogen-bond acceptors (Lipinski definition) is 3. The summed E-state index contributed by atoms with van der Waals surface area (Å²) in [4.78, 5) is 4.62. The fourth-order valence-corrected chi connectivity index (χ4v) is 3.22. The predicted octanol–water partition coefficient (Wildman–Crippen LogP) is 4.98. The summed E-state index contributed by atoms with van der Waals surface area (Å²) in [5.41, 5.74) is 3.47. The van der Waals surface area contributed by atoms with Crippen LogP contribution < -0.4 is 5.32 Å². The molecule has 0 radical (unpaired) electrons. The van der Waals surface area contributed by atoms with Crippen LogP contribution in [0.1, 0.15) is 10.6 Å². The van der Waals surface area contributed by atoms with Crippen molar-refractivity contribution in [2.45, 2.75) is 13.5 Å². The number of aromatic nitrogens is 1. The van der Waals surface area contributed by atoms with Gasteiger partial charge in [0.05, 0.1) is 16.8 Å². The van der Waals surface area contributed by atoms with E-state index < -0.39 is 0 Å². The molecule has 0 amide bonds. The number of halogens is 1. The molecule has 4 heteroatoms. The van der Waals surface area contributed by atoms with Crippen LogP contribution in [0.2, 0.25) is 0 Å². The third-order valence-corrected chi connectivity index (χ3v) is 4.50. The van der Waals surface area contributed by atoms with Crippen molar-refractivity contribution >= 4 is 43.2 Å². The third-order valence-electron chi connectivity index (χ3n) is 2.97. The summed E-state index contributed by atoms with van der Waals surface area (Å²) < 4.78 is 2.33. The molecule has 19 heavy (non-hydrogen) atoms. The van der Waals surface area contributed by atoms with Gasteiger partial charge in [0.2, 0.25) is 0 Å². The number of hydrogen-bond donors (Lipinski definition) is 1. The monoisotopic (exact) mass is 332 g/mol. The van der Waals surface area contributed by atoms with E-state index in [1.54, 1.807) is 11.3 Å². The standard InChI is InChI=1S/C15H13BrN2S/c1-10-6-7-11(16)8-13(10)17-9-15-18-12-4-2-3-5-14(12)19-15/h2-8,17H,9H2,1H3. The molecule has 3 rings (SSSR count). The van der Waals surface area contributed by atoms with Crippen molar-refractivity contribution < 1.29 is 0 Å². The van der Waals surface area contributed by atoms with Crippen LogP contribution in [0, 0.1) is 6.92 Å². The lowest BCUT2D eigenvalue weighted by Crippen LogP contribution is -2.00. The van der Waals surface area contributed by atoms with E-state index in [4.69, 9.17) is 0 Å². The van der Waals surface area contributed by atoms with E-state index in [1.165, 1.54) is 10.3 Å². The maximum atomic E-state index is 4.62. The molecule has 0 fully saturated rings. The number of thiazole rings is 1. The van der Waals surface area contributed by atoms with E-state index in [2.05, 4.69) is 69.6 Å². The molecule has 96 valence electrons. The highest BCUT2D eigenvalue weighted by molar-refractivity contribution is 9.10. The van der Waals surface area contributed by atoms with Crippen LogP contribution in [0.5, 0.6) is 0 Å². The van der Waals surface area contributed by atoms with Crippen molar-refractivity contribution in [1.82, 2.24) is 4.98 Å². The number of benzene rings is 2. The zero-order valence-electron chi connectivity index (χ0n) is 10.5. The molecule has 0 saturated heterocycles. The molecule has 0 unspecified atom stereocenters. The molecule has 2 nitrogen and oxygen atoms in total. The Morgan fingerprint density at radius 3 is 2.89 bits per heavy atom. The van der Waals surface area contributed by atoms with Gasteiger partial charge in [0.15, 0.2) is 0 Å². The summed E-state index contributed by atoms with van der Waals surface area (Å²) in [5, 5.41) is 4.56. The lowest BCUT2D eigenvalue weighted by molar-refractivity contribution is 1.11. The molecule has 0 bridgehead atoms. The van der Waals surface area contributed by atoms with Gasteiger partial charge < -0.3 is 5.32 Å². The summed E-state index contributed by atoms with van der Waals surface area (Å²) in [6.07, 6.45) is 0. The molecule has 0 atom stereocenters. The van der Waals surface area contributed by atoms with Crippen LogP contribution >= 0.6 is 27.3 Å². The average molecular weight is 333 g/mol. The number of rotatable bonds is 3. The first kappa shape index (κ1) is 12.6. The second-order valence-corrected chi connectivity index (χ2v) is 6.42. The van der Waals surface area contributed by atoms with Crippen LogP contribution in [-0.2, 0) is 6.54 Å². The van der Waals surface area contributed by atoms with Gasteiger partial charge >= 0.3 is 0 Å². The van der Waals surface area contributed by atoms with Gasteiger partial charge in [-0.2, -0.15) is 0 Å². The van der Waals surface area contributed by atoms with E-state index in [9.17, 15) is 0 Å². The first-order valence-corrected chi connectivity index (χ1v) is 7.68. The predicted molar refractivity (Wildman–Crippen MR) is 85.8 cm³/mol. The molecule has 2 aromatic carbocycles. The fourth-order valence-electron chi connectivity index (χ4n) is 1.95. The van der Waals surface area contributed by atoms with Crippen molar-refractivity contribution in [1.29, 1.82) is 0 Å². The number of fused-ring (bicyclic) bond motifs is 1. The van der Waals surface area contributed by atoms with Gasteiger partial charge in [-0.05, 0) is 36.8 Å².